The number of hydrogen-bond donors (Lipinski definition) is 0. The summed E-state index contributed by atoms with van der Waals surface area (Å²) in [4.78, 5) is 0. The van der Waals surface area contributed by atoms with E-state index in [1.54, 1.807) is 0 Å². The molecule has 0 aliphatic rings. The Morgan fingerprint density at radius 2 is 1.50 bits per heavy atom. The van der Waals surface area contributed by atoms with E-state index in [-0.39, 0.29) is 0 Å². The zero-order valence-corrected chi connectivity index (χ0v) is 11.6. The molecule has 0 unspecified atom stereocenters. The molecule has 1 nitrogen and oxygen atoms in total. The van der Waals surface area contributed by atoms with Crippen LogP contribution in [0.1, 0.15) is 16.7 Å². The highest BCUT2D eigenvalue weighted by atomic mass is 79.9. The van der Waals surface area contributed by atoms with Gasteiger partial charge in [0.05, 0.1) is 0 Å². The highest BCUT2D eigenvalue weighted by Crippen LogP contribution is 2.29. The van der Waals surface area contributed by atoms with Crippen LogP contribution in [0.15, 0.2) is 59.1 Å². The molecule has 0 atom stereocenters. The van der Waals surface area contributed by atoms with Gasteiger partial charge in [-0.05, 0) is 34.0 Å². The summed E-state index contributed by atoms with van der Waals surface area (Å²) in [5.74, 6) is 0. The molecule has 0 fully saturated rings. The van der Waals surface area contributed by atoms with Crippen LogP contribution in [0.5, 0.6) is 0 Å². The van der Waals surface area contributed by atoms with Crippen LogP contribution >= 0.6 is 15.9 Å². The number of nitriles is 1. The van der Waals surface area contributed by atoms with Gasteiger partial charge in [0.1, 0.15) is 10.6 Å². The van der Waals surface area contributed by atoms with E-state index in [4.69, 9.17) is 5.26 Å². The van der Waals surface area contributed by atoms with Crippen molar-refractivity contribution in [2.75, 3.05) is 0 Å². The quantitative estimate of drug-likeness (QED) is 0.739. The molecule has 0 heterocycles. The number of hydrogen-bond acceptors (Lipinski definition) is 1. The van der Waals surface area contributed by atoms with Crippen molar-refractivity contribution in [2.24, 2.45) is 0 Å². The first kappa shape index (κ1) is 12.6. The highest BCUT2D eigenvalue weighted by Gasteiger charge is 2.09. The maximum absolute atomic E-state index is 9.13. The second-order valence-corrected chi connectivity index (χ2v) is 4.83. The smallest absolute Gasteiger partial charge is 0.107 e. The summed E-state index contributed by atoms with van der Waals surface area (Å²) in [5, 5.41) is 9.13. The summed E-state index contributed by atoms with van der Waals surface area (Å²) in [6.45, 7) is 2.05. The molecule has 0 aliphatic carbocycles. The molecular formula is C16H12BrN. The van der Waals surface area contributed by atoms with Gasteiger partial charge in [-0.2, -0.15) is 5.26 Å². The molecule has 2 aromatic rings. The summed E-state index contributed by atoms with van der Waals surface area (Å²) in [6, 6.07) is 20.3. The first-order chi connectivity index (χ1) is 8.72. The minimum Gasteiger partial charge on any atom is -0.192 e. The Morgan fingerprint density at radius 1 is 0.944 bits per heavy atom. The van der Waals surface area contributed by atoms with Crippen LogP contribution in [0.25, 0.3) is 5.57 Å². The summed E-state index contributed by atoms with van der Waals surface area (Å²) in [7, 11) is 0. The molecule has 2 rings (SSSR count). The summed E-state index contributed by atoms with van der Waals surface area (Å²) in [5.41, 5.74) is 4.22. The van der Waals surface area contributed by atoms with Crippen molar-refractivity contribution in [3.8, 4) is 6.07 Å². The molecule has 18 heavy (non-hydrogen) atoms. The first-order valence-corrected chi connectivity index (χ1v) is 6.44. The molecule has 88 valence electrons. The topological polar surface area (TPSA) is 23.8 Å². The third-order valence-electron chi connectivity index (χ3n) is 2.72. The van der Waals surface area contributed by atoms with Crippen LogP contribution in [0.3, 0.4) is 0 Å². The molecule has 0 N–H and O–H groups in total. The maximum Gasteiger partial charge on any atom is 0.107 e. The first-order valence-electron chi connectivity index (χ1n) is 5.64. The summed E-state index contributed by atoms with van der Waals surface area (Å²) in [6.07, 6.45) is 0. The van der Waals surface area contributed by atoms with Crippen LogP contribution in [0.2, 0.25) is 0 Å². The molecule has 0 aliphatic heterocycles. The molecule has 2 aromatic carbocycles. The van der Waals surface area contributed by atoms with Gasteiger partial charge in [-0.25, -0.2) is 0 Å². The number of halogens is 1. The van der Waals surface area contributed by atoms with Crippen LogP contribution in [-0.2, 0) is 0 Å². The summed E-state index contributed by atoms with van der Waals surface area (Å²) >= 11 is 3.35. The third kappa shape index (κ3) is 2.69. The Hall–Kier alpha value is -1.85. The third-order valence-corrected chi connectivity index (χ3v) is 3.29. The lowest BCUT2D eigenvalue weighted by atomic mass is 9.97. The Labute approximate surface area is 116 Å². The van der Waals surface area contributed by atoms with E-state index in [9.17, 15) is 0 Å². The maximum atomic E-state index is 9.13. The fourth-order valence-corrected chi connectivity index (χ4v) is 2.26. The fraction of sp³-hybridized carbons (Fsp3) is 0.0625. The molecule has 0 bridgehead atoms. The van der Waals surface area contributed by atoms with Crippen molar-refractivity contribution in [1.29, 1.82) is 5.26 Å². The lowest BCUT2D eigenvalue weighted by Gasteiger charge is -2.09. The van der Waals surface area contributed by atoms with Crippen molar-refractivity contribution in [3.05, 3.63) is 75.8 Å². The van der Waals surface area contributed by atoms with E-state index < -0.39 is 0 Å². The van der Waals surface area contributed by atoms with E-state index in [1.165, 1.54) is 5.56 Å². The van der Waals surface area contributed by atoms with Crippen molar-refractivity contribution < 1.29 is 0 Å². The number of rotatable bonds is 2. The SMILES string of the molecule is Cc1ccc(C(=C(Br)C#N)c2ccccc2)cc1. The van der Waals surface area contributed by atoms with Crippen LogP contribution in [0, 0.1) is 18.3 Å². The molecule has 0 aromatic heterocycles. The molecule has 0 saturated carbocycles. The standard InChI is InChI=1S/C16H12BrN/c1-12-7-9-14(10-8-12)16(15(17)11-18)13-5-3-2-4-6-13/h2-10H,1H3. The van der Waals surface area contributed by atoms with Gasteiger partial charge in [0.15, 0.2) is 0 Å². The Balaban J connectivity index is 2.60. The number of nitrogens with zero attached hydrogens (tertiary/aromatic N) is 1. The zero-order chi connectivity index (χ0) is 13.0. The molecule has 2 heteroatoms. The van der Waals surface area contributed by atoms with Gasteiger partial charge < -0.3 is 0 Å². The second-order valence-electron chi connectivity index (χ2n) is 4.03. The Kier molecular flexibility index (Phi) is 3.96. The van der Waals surface area contributed by atoms with Gasteiger partial charge in [-0.1, -0.05) is 60.2 Å². The van der Waals surface area contributed by atoms with Crippen molar-refractivity contribution in [1.82, 2.24) is 0 Å². The van der Waals surface area contributed by atoms with E-state index >= 15 is 0 Å². The zero-order valence-electron chi connectivity index (χ0n) is 10.0. The second kappa shape index (κ2) is 5.66. The average Bonchev–Trinajstić information content (AvgIpc) is 2.42. The molecular weight excluding hydrogens is 286 g/mol. The van der Waals surface area contributed by atoms with Gasteiger partial charge >= 0.3 is 0 Å². The lowest BCUT2D eigenvalue weighted by Crippen LogP contribution is -1.90. The van der Waals surface area contributed by atoms with Crippen molar-refractivity contribution in [2.45, 2.75) is 6.92 Å². The van der Waals surface area contributed by atoms with Gasteiger partial charge in [-0.15, -0.1) is 0 Å². The Bertz CT molecular complexity index is 604. The average molecular weight is 298 g/mol. The minimum absolute atomic E-state index is 0.553. The van der Waals surface area contributed by atoms with Crippen molar-refractivity contribution >= 4 is 21.5 Å². The summed E-state index contributed by atoms with van der Waals surface area (Å²) < 4.78 is 0.553. The van der Waals surface area contributed by atoms with Gasteiger partial charge in [-0.3, -0.25) is 0 Å². The predicted molar refractivity (Wildman–Crippen MR) is 78.2 cm³/mol. The largest absolute Gasteiger partial charge is 0.192 e. The van der Waals surface area contributed by atoms with Gasteiger partial charge in [0.2, 0.25) is 0 Å². The number of benzene rings is 2. The van der Waals surface area contributed by atoms with E-state index in [0.717, 1.165) is 16.7 Å². The van der Waals surface area contributed by atoms with Gasteiger partial charge in [0, 0.05) is 5.57 Å². The van der Waals surface area contributed by atoms with Crippen LogP contribution < -0.4 is 0 Å². The minimum atomic E-state index is 0.553. The van der Waals surface area contributed by atoms with E-state index in [2.05, 4.69) is 41.1 Å². The molecule has 0 radical (unpaired) electrons. The Morgan fingerprint density at radius 3 is 2.06 bits per heavy atom. The monoisotopic (exact) mass is 297 g/mol. The number of allylic oxidation sites excluding steroid dienone is 1. The normalized spacial score (nSPS) is 11.6. The van der Waals surface area contributed by atoms with Crippen LogP contribution in [0.4, 0.5) is 0 Å². The van der Waals surface area contributed by atoms with E-state index in [1.807, 2.05) is 42.5 Å². The molecule has 0 saturated heterocycles. The van der Waals surface area contributed by atoms with Gasteiger partial charge in [0.25, 0.3) is 0 Å². The highest BCUT2D eigenvalue weighted by molar-refractivity contribution is 9.12. The molecule has 0 amide bonds. The van der Waals surface area contributed by atoms with Crippen LogP contribution in [-0.4, -0.2) is 0 Å². The van der Waals surface area contributed by atoms with Crippen molar-refractivity contribution in [3.63, 3.8) is 0 Å². The lowest BCUT2D eigenvalue weighted by molar-refractivity contribution is 1.44. The predicted octanol–water partition coefficient (Wildman–Crippen LogP) is 4.67. The number of aryl methyl sites for hydroxylation is 1. The molecule has 0 spiro atoms. The fourth-order valence-electron chi connectivity index (χ4n) is 1.80. The van der Waals surface area contributed by atoms with E-state index in [0.29, 0.717) is 4.48 Å².